The van der Waals surface area contributed by atoms with Gasteiger partial charge in [-0.3, -0.25) is 0 Å². The molecule has 5 nitrogen and oxygen atoms in total. The minimum atomic E-state index is 0.160. The van der Waals surface area contributed by atoms with Crippen LogP contribution in [-0.2, 0) is 6.61 Å². The first-order valence-electron chi connectivity index (χ1n) is 6.60. The van der Waals surface area contributed by atoms with Gasteiger partial charge in [-0.25, -0.2) is 0 Å². The van der Waals surface area contributed by atoms with E-state index >= 15 is 0 Å². The van der Waals surface area contributed by atoms with Crippen LogP contribution < -0.4 is 9.47 Å². The van der Waals surface area contributed by atoms with E-state index in [-0.39, 0.29) is 6.61 Å². The summed E-state index contributed by atoms with van der Waals surface area (Å²) in [5, 5.41) is 4.48. The van der Waals surface area contributed by atoms with E-state index in [1.165, 1.54) is 0 Å². The average Bonchev–Trinajstić information content (AvgIpc) is 3.03. The summed E-state index contributed by atoms with van der Waals surface area (Å²) in [5.41, 5.74) is 0.841. The number of benzene rings is 2. The predicted octanol–water partition coefficient (Wildman–Crippen LogP) is 3.98. The second-order valence-electron chi connectivity index (χ2n) is 4.46. The molecule has 0 atom stereocenters. The second-order valence-corrected chi connectivity index (χ2v) is 4.87. The molecule has 0 N–H and O–H groups in total. The fourth-order valence-electron chi connectivity index (χ4n) is 1.87. The molecular weight excluding hydrogens is 304 g/mol. The number of aromatic nitrogens is 2. The average molecular weight is 317 g/mol. The van der Waals surface area contributed by atoms with Gasteiger partial charge >= 0.3 is 0 Å². The number of para-hydroxylation sites is 1. The van der Waals surface area contributed by atoms with Gasteiger partial charge in [0.1, 0.15) is 11.5 Å². The number of nitrogens with zero attached hydrogens (tertiary/aromatic N) is 2. The summed E-state index contributed by atoms with van der Waals surface area (Å²) < 4.78 is 15.8. The fraction of sp³-hybridized carbons (Fsp3) is 0.125. The Kier molecular flexibility index (Phi) is 4.25. The number of hydrogen-bond acceptors (Lipinski definition) is 5. The molecule has 0 saturated heterocycles. The molecule has 0 radical (unpaired) electrons. The van der Waals surface area contributed by atoms with Crippen LogP contribution in [0.3, 0.4) is 0 Å². The third-order valence-electron chi connectivity index (χ3n) is 3.00. The summed E-state index contributed by atoms with van der Waals surface area (Å²) >= 11 is 6.02. The van der Waals surface area contributed by atoms with Crippen molar-refractivity contribution in [3.05, 3.63) is 59.4 Å². The molecule has 0 aliphatic heterocycles. The van der Waals surface area contributed by atoms with Crippen molar-refractivity contribution in [1.82, 2.24) is 10.1 Å². The lowest BCUT2D eigenvalue weighted by Gasteiger charge is -2.04. The van der Waals surface area contributed by atoms with Crippen molar-refractivity contribution in [2.75, 3.05) is 7.11 Å². The van der Waals surface area contributed by atoms with Crippen LogP contribution in [0.4, 0.5) is 0 Å². The maximum atomic E-state index is 6.02. The third-order valence-corrected chi connectivity index (χ3v) is 3.32. The zero-order valence-electron chi connectivity index (χ0n) is 11.8. The molecule has 0 saturated carbocycles. The van der Waals surface area contributed by atoms with Gasteiger partial charge < -0.3 is 14.0 Å². The summed E-state index contributed by atoms with van der Waals surface area (Å²) in [6, 6.07) is 14.6. The molecule has 0 aliphatic rings. The number of ether oxygens (including phenoxy) is 2. The standard InChI is InChI=1S/C16H13ClN2O3/c1-20-12-8-6-11(7-9-12)16-18-15(22-19-16)10-21-14-5-3-2-4-13(14)17/h2-9H,10H2,1H3. The van der Waals surface area contributed by atoms with E-state index in [1.54, 1.807) is 19.2 Å². The highest BCUT2D eigenvalue weighted by molar-refractivity contribution is 6.32. The minimum absolute atomic E-state index is 0.160. The summed E-state index contributed by atoms with van der Waals surface area (Å²) in [7, 11) is 1.62. The first-order valence-corrected chi connectivity index (χ1v) is 6.98. The monoisotopic (exact) mass is 316 g/mol. The van der Waals surface area contributed by atoms with Crippen molar-refractivity contribution in [2.45, 2.75) is 6.61 Å². The van der Waals surface area contributed by atoms with E-state index in [0.29, 0.717) is 22.5 Å². The van der Waals surface area contributed by atoms with Gasteiger partial charge in [0, 0.05) is 5.56 Å². The molecule has 1 heterocycles. The smallest absolute Gasteiger partial charge is 0.264 e. The molecule has 0 amide bonds. The second kappa shape index (κ2) is 6.49. The van der Waals surface area contributed by atoms with Gasteiger partial charge in [0.2, 0.25) is 5.82 Å². The van der Waals surface area contributed by atoms with Crippen molar-refractivity contribution in [3.8, 4) is 22.9 Å². The van der Waals surface area contributed by atoms with Gasteiger partial charge in [-0.2, -0.15) is 4.98 Å². The van der Waals surface area contributed by atoms with E-state index in [4.69, 9.17) is 25.6 Å². The Morgan fingerprint density at radius 3 is 2.59 bits per heavy atom. The van der Waals surface area contributed by atoms with Crippen LogP contribution in [0.2, 0.25) is 5.02 Å². The van der Waals surface area contributed by atoms with Gasteiger partial charge in [0.05, 0.1) is 12.1 Å². The highest BCUT2D eigenvalue weighted by Gasteiger charge is 2.10. The van der Waals surface area contributed by atoms with Crippen molar-refractivity contribution in [1.29, 1.82) is 0 Å². The molecular formula is C16H13ClN2O3. The van der Waals surface area contributed by atoms with Gasteiger partial charge in [-0.1, -0.05) is 28.9 Å². The first kappa shape index (κ1) is 14.4. The van der Waals surface area contributed by atoms with E-state index in [1.807, 2.05) is 36.4 Å². The van der Waals surface area contributed by atoms with Crippen LogP contribution >= 0.6 is 11.6 Å². The van der Waals surface area contributed by atoms with Gasteiger partial charge in [0.15, 0.2) is 6.61 Å². The summed E-state index contributed by atoms with van der Waals surface area (Å²) in [5.74, 6) is 2.23. The minimum Gasteiger partial charge on any atom is -0.497 e. The highest BCUT2D eigenvalue weighted by atomic mass is 35.5. The van der Waals surface area contributed by atoms with Crippen molar-refractivity contribution >= 4 is 11.6 Å². The van der Waals surface area contributed by atoms with Crippen LogP contribution in [0.25, 0.3) is 11.4 Å². The Hall–Kier alpha value is -2.53. The van der Waals surface area contributed by atoms with Crippen molar-refractivity contribution in [2.24, 2.45) is 0 Å². The molecule has 3 aromatic rings. The van der Waals surface area contributed by atoms with Crippen LogP contribution in [0, 0.1) is 0 Å². The molecule has 22 heavy (non-hydrogen) atoms. The Labute approximate surface area is 132 Å². The number of rotatable bonds is 5. The molecule has 112 valence electrons. The molecule has 6 heteroatoms. The molecule has 1 aromatic heterocycles. The van der Waals surface area contributed by atoms with Crippen LogP contribution in [0.15, 0.2) is 53.1 Å². The Morgan fingerprint density at radius 2 is 1.86 bits per heavy atom. The van der Waals surface area contributed by atoms with Crippen molar-refractivity contribution < 1.29 is 14.0 Å². The lowest BCUT2D eigenvalue weighted by atomic mass is 10.2. The normalized spacial score (nSPS) is 10.5. The van der Waals surface area contributed by atoms with Crippen LogP contribution in [0.1, 0.15) is 5.89 Å². The molecule has 3 rings (SSSR count). The van der Waals surface area contributed by atoms with Crippen molar-refractivity contribution in [3.63, 3.8) is 0 Å². The molecule has 0 fully saturated rings. The maximum Gasteiger partial charge on any atom is 0.264 e. The SMILES string of the molecule is COc1ccc(-c2noc(COc3ccccc3Cl)n2)cc1. The molecule has 0 aliphatic carbocycles. The zero-order chi connectivity index (χ0) is 15.4. The molecule has 2 aromatic carbocycles. The largest absolute Gasteiger partial charge is 0.497 e. The quantitative estimate of drug-likeness (QED) is 0.712. The summed E-state index contributed by atoms with van der Waals surface area (Å²) in [6.45, 7) is 0.160. The van der Waals surface area contributed by atoms with Crippen LogP contribution in [0.5, 0.6) is 11.5 Å². The lowest BCUT2D eigenvalue weighted by Crippen LogP contribution is -1.96. The number of methoxy groups -OCH3 is 1. The van der Waals surface area contributed by atoms with E-state index in [9.17, 15) is 0 Å². The van der Waals surface area contributed by atoms with E-state index in [0.717, 1.165) is 11.3 Å². The fourth-order valence-corrected chi connectivity index (χ4v) is 2.06. The summed E-state index contributed by atoms with van der Waals surface area (Å²) in [6.07, 6.45) is 0. The zero-order valence-corrected chi connectivity index (χ0v) is 12.6. The number of halogens is 1. The Morgan fingerprint density at radius 1 is 1.09 bits per heavy atom. The Balaban J connectivity index is 1.69. The van der Waals surface area contributed by atoms with Gasteiger partial charge in [0.25, 0.3) is 5.89 Å². The third kappa shape index (κ3) is 3.20. The molecule has 0 spiro atoms. The molecule has 0 unspecified atom stereocenters. The topological polar surface area (TPSA) is 57.4 Å². The predicted molar refractivity (Wildman–Crippen MR) is 82.1 cm³/mol. The Bertz CT molecular complexity index is 756. The summed E-state index contributed by atoms with van der Waals surface area (Å²) in [4.78, 5) is 4.29. The van der Waals surface area contributed by atoms with E-state index < -0.39 is 0 Å². The number of hydrogen-bond donors (Lipinski definition) is 0. The highest BCUT2D eigenvalue weighted by Crippen LogP contribution is 2.24. The van der Waals surface area contributed by atoms with E-state index in [2.05, 4.69) is 10.1 Å². The first-order chi connectivity index (χ1) is 10.8. The van der Waals surface area contributed by atoms with Gasteiger partial charge in [-0.05, 0) is 36.4 Å². The molecule has 0 bridgehead atoms. The maximum absolute atomic E-state index is 6.02. The van der Waals surface area contributed by atoms with Gasteiger partial charge in [-0.15, -0.1) is 0 Å². The van der Waals surface area contributed by atoms with Crippen LogP contribution in [-0.4, -0.2) is 17.3 Å². The lowest BCUT2D eigenvalue weighted by molar-refractivity contribution is 0.243.